The molecule has 1 heterocycles. The summed E-state index contributed by atoms with van der Waals surface area (Å²) in [5.74, 6) is -2.92. The molecule has 3 aliphatic rings. The Labute approximate surface area is 273 Å². The average Bonchev–Trinajstić information content (AvgIpc) is 2.92. The lowest BCUT2D eigenvalue weighted by Crippen LogP contribution is -2.69. The van der Waals surface area contributed by atoms with Gasteiger partial charge in [0.25, 0.3) is 0 Å². The molecule has 0 aromatic heterocycles. The fourth-order valence-electron chi connectivity index (χ4n) is 7.90. The van der Waals surface area contributed by atoms with E-state index in [0.717, 1.165) is 17.2 Å². The second-order valence-electron chi connectivity index (χ2n) is 16.0. The molecule has 0 unspecified atom stereocenters. The highest BCUT2D eigenvalue weighted by Crippen LogP contribution is 2.69. The number of ether oxygens (including phenoxy) is 1. The number of carbonyl (C=O) groups is 3. The molecule has 2 aliphatic carbocycles. The Morgan fingerprint density at radius 3 is 2.11 bits per heavy atom. The van der Waals surface area contributed by atoms with E-state index in [-0.39, 0.29) is 47.9 Å². The number of hydrogen-bond acceptors (Lipinski definition) is 8. The monoisotopic (exact) mass is 636 g/mol. The van der Waals surface area contributed by atoms with Gasteiger partial charge in [0.1, 0.15) is 22.3 Å². The van der Waals surface area contributed by atoms with Crippen LogP contribution in [0.5, 0.6) is 11.5 Å². The highest BCUT2D eigenvalue weighted by molar-refractivity contribution is 6.35. The van der Waals surface area contributed by atoms with E-state index < -0.39 is 62.5 Å². The third-order valence-electron chi connectivity index (χ3n) is 11.2. The molecular formula is C38H52O8. The summed E-state index contributed by atoms with van der Waals surface area (Å²) in [5, 5.41) is 41.9. The van der Waals surface area contributed by atoms with Crippen molar-refractivity contribution >= 4 is 17.3 Å². The van der Waals surface area contributed by atoms with E-state index in [4.69, 9.17) is 4.74 Å². The number of fused-ring (bicyclic) bond motifs is 1. The van der Waals surface area contributed by atoms with Gasteiger partial charge in [-0.25, -0.2) is 0 Å². The molecule has 1 aliphatic heterocycles. The van der Waals surface area contributed by atoms with Crippen LogP contribution in [-0.4, -0.2) is 55.1 Å². The first-order chi connectivity index (χ1) is 21.0. The molecule has 8 nitrogen and oxygen atoms in total. The number of Topliss-reactive ketones (excluding diaryl/α,β-unsaturated/α-hetero) is 3. The van der Waals surface area contributed by atoms with Crippen molar-refractivity contribution in [2.75, 3.05) is 0 Å². The van der Waals surface area contributed by atoms with Gasteiger partial charge in [-0.2, -0.15) is 0 Å². The van der Waals surface area contributed by atoms with E-state index in [0.29, 0.717) is 12.8 Å². The lowest BCUT2D eigenvalue weighted by atomic mass is 9.39. The summed E-state index contributed by atoms with van der Waals surface area (Å²) in [6.07, 6.45) is 4.36. The van der Waals surface area contributed by atoms with Crippen LogP contribution in [0.2, 0.25) is 0 Å². The number of benzene rings is 1. The van der Waals surface area contributed by atoms with E-state index in [9.17, 15) is 25.2 Å². The predicted octanol–water partition coefficient (Wildman–Crippen LogP) is 6.75. The number of aliphatic hydroxyl groups is 2. The number of aliphatic hydroxyl groups excluding tert-OH is 1. The first-order valence-electron chi connectivity index (χ1n) is 16.3. The minimum Gasteiger partial charge on any atom is -0.504 e. The minimum atomic E-state index is -1.60. The fraction of sp³-hybridized carbons (Fsp3) is 0.605. The average molecular weight is 637 g/mol. The van der Waals surface area contributed by atoms with Gasteiger partial charge >= 0.3 is 0 Å². The highest BCUT2D eigenvalue weighted by Gasteiger charge is 2.74. The molecule has 4 N–H and O–H groups in total. The van der Waals surface area contributed by atoms with Gasteiger partial charge in [-0.05, 0) is 117 Å². The Morgan fingerprint density at radius 2 is 1.57 bits per heavy atom. The summed E-state index contributed by atoms with van der Waals surface area (Å²) in [7, 11) is 0. The quantitative estimate of drug-likeness (QED) is 0.0767. The largest absolute Gasteiger partial charge is 0.504 e. The molecule has 1 spiro atoms. The first-order valence-corrected chi connectivity index (χ1v) is 16.3. The van der Waals surface area contributed by atoms with E-state index in [2.05, 4.69) is 6.08 Å². The molecule has 1 saturated heterocycles. The number of allylic oxidation sites excluding steroid dienone is 6. The summed E-state index contributed by atoms with van der Waals surface area (Å²) in [6.45, 7) is 18.5. The number of hydrogen-bond donors (Lipinski definition) is 4. The maximum Gasteiger partial charge on any atom is 0.200 e. The summed E-state index contributed by atoms with van der Waals surface area (Å²) in [5.41, 5.74) is -4.38. The van der Waals surface area contributed by atoms with Crippen LogP contribution in [0.3, 0.4) is 0 Å². The van der Waals surface area contributed by atoms with Crippen molar-refractivity contribution < 1.29 is 39.5 Å². The molecule has 8 heteroatoms. The molecular weight excluding hydrogens is 584 g/mol. The smallest absolute Gasteiger partial charge is 0.200 e. The van der Waals surface area contributed by atoms with E-state index in [1.807, 2.05) is 61.5 Å². The van der Waals surface area contributed by atoms with Gasteiger partial charge in [0, 0.05) is 11.5 Å². The molecule has 1 saturated carbocycles. The number of rotatable bonds is 9. The Morgan fingerprint density at radius 1 is 0.978 bits per heavy atom. The van der Waals surface area contributed by atoms with Gasteiger partial charge in [-0.1, -0.05) is 37.1 Å². The predicted molar refractivity (Wildman–Crippen MR) is 176 cm³/mol. The molecule has 0 radical (unpaired) electrons. The highest BCUT2D eigenvalue weighted by atomic mass is 16.5. The van der Waals surface area contributed by atoms with E-state index >= 15 is 9.59 Å². The van der Waals surface area contributed by atoms with Crippen LogP contribution in [-0.2, 0) is 14.3 Å². The third kappa shape index (κ3) is 5.66. The fourth-order valence-corrected chi connectivity index (χ4v) is 7.90. The van der Waals surface area contributed by atoms with Crippen molar-refractivity contribution in [3.63, 3.8) is 0 Å². The number of phenolic OH excluding ortho intramolecular Hbond substituents is 2. The van der Waals surface area contributed by atoms with Gasteiger partial charge in [0.05, 0.1) is 17.1 Å². The van der Waals surface area contributed by atoms with E-state index in [1.165, 1.54) is 26.0 Å². The van der Waals surface area contributed by atoms with Crippen LogP contribution in [0.4, 0.5) is 0 Å². The second kappa shape index (κ2) is 11.8. The normalized spacial score (nSPS) is 29.0. The maximum atomic E-state index is 15.4. The van der Waals surface area contributed by atoms with Gasteiger partial charge in [-0.3, -0.25) is 14.4 Å². The second-order valence-corrected chi connectivity index (χ2v) is 16.0. The van der Waals surface area contributed by atoms with Crippen molar-refractivity contribution in [2.24, 2.45) is 28.1 Å². The van der Waals surface area contributed by atoms with Crippen molar-refractivity contribution in [2.45, 2.75) is 119 Å². The van der Waals surface area contributed by atoms with Crippen LogP contribution in [0.1, 0.15) is 112 Å². The Balaban J connectivity index is 2.08. The number of phenols is 2. The zero-order chi connectivity index (χ0) is 34.8. The van der Waals surface area contributed by atoms with Crippen molar-refractivity contribution in [1.29, 1.82) is 0 Å². The first kappa shape index (κ1) is 35.6. The SMILES string of the molecule is CC(C)=CC[C@H]1C[C@]23C[C@H](C[C@@H](O)C(C)(C)O)C(C)(C)OC2=C(C(=O)c2ccc(O)c(O)c2)C(=O)[C@@](CC=C(C)C)(C3=O)C1(C)C. The van der Waals surface area contributed by atoms with Gasteiger partial charge in [-0.15, -0.1) is 0 Å². The minimum absolute atomic E-state index is 0.00837. The molecule has 4 rings (SSSR count). The van der Waals surface area contributed by atoms with Crippen LogP contribution < -0.4 is 0 Å². The van der Waals surface area contributed by atoms with Gasteiger partial charge < -0.3 is 25.2 Å². The molecule has 2 fully saturated rings. The summed E-state index contributed by atoms with van der Waals surface area (Å²) in [6, 6.07) is 3.67. The zero-order valence-electron chi connectivity index (χ0n) is 29.1. The lowest BCUT2D eigenvalue weighted by molar-refractivity contribution is -0.192. The molecule has 46 heavy (non-hydrogen) atoms. The van der Waals surface area contributed by atoms with Crippen LogP contribution in [0.15, 0.2) is 52.8 Å². The molecule has 2 bridgehead atoms. The summed E-state index contributed by atoms with van der Waals surface area (Å²) >= 11 is 0. The number of aromatic hydroxyl groups is 2. The summed E-state index contributed by atoms with van der Waals surface area (Å²) < 4.78 is 6.72. The molecule has 252 valence electrons. The van der Waals surface area contributed by atoms with Gasteiger partial charge in [0.2, 0.25) is 0 Å². The molecule has 1 aromatic rings. The molecule has 1 aromatic carbocycles. The van der Waals surface area contributed by atoms with Crippen LogP contribution >= 0.6 is 0 Å². The van der Waals surface area contributed by atoms with Crippen LogP contribution in [0, 0.1) is 28.1 Å². The number of carbonyl (C=O) groups excluding carboxylic acids is 3. The van der Waals surface area contributed by atoms with Crippen molar-refractivity contribution in [3.05, 3.63) is 58.4 Å². The topological polar surface area (TPSA) is 141 Å². The maximum absolute atomic E-state index is 15.4. The Bertz CT molecular complexity index is 1530. The Hall–Kier alpha value is -3.23. The van der Waals surface area contributed by atoms with E-state index in [1.54, 1.807) is 0 Å². The lowest BCUT2D eigenvalue weighted by Gasteiger charge is -2.64. The molecule has 0 amide bonds. The summed E-state index contributed by atoms with van der Waals surface area (Å²) in [4.78, 5) is 45.1. The van der Waals surface area contributed by atoms with Crippen LogP contribution in [0.25, 0.3) is 0 Å². The van der Waals surface area contributed by atoms with Crippen molar-refractivity contribution in [1.82, 2.24) is 0 Å². The third-order valence-corrected chi connectivity index (χ3v) is 11.2. The standard InChI is InChI=1S/C38H52O8/c1-21(2)11-13-24-19-37-20-25(18-28(41)35(7,8)45)36(9,10)46-32(37)29(30(42)23-12-14-26(39)27(40)17-23)31(43)38(33(37)44,34(24,5)6)16-15-22(3)4/h11-12,14-15,17,24-25,28,39-41,45H,13,16,18-20H2,1-10H3/t24-,25-,28+,37-,38-/m0/s1. The van der Waals surface area contributed by atoms with Crippen molar-refractivity contribution in [3.8, 4) is 11.5 Å². The Kier molecular flexibility index (Phi) is 9.12. The molecule has 5 atom stereocenters. The zero-order valence-corrected chi connectivity index (χ0v) is 29.1. The number of ketones is 3. The van der Waals surface area contributed by atoms with Gasteiger partial charge in [0.15, 0.2) is 28.8 Å².